The average molecular weight is 802 g/mol. The van der Waals surface area contributed by atoms with Crippen molar-refractivity contribution in [2.24, 2.45) is 0 Å². The first-order valence-electron chi connectivity index (χ1n) is 21.5. The van der Waals surface area contributed by atoms with Crippen LogP contribution in [0.1, 0.15) is 194 Å². The lowest BCUT2D eigenvalue weighted by atomic mass is 10.0. The first kappa shape index (κ1) is 48.9. The van der Waals surface area contributed by atoms with Gasteiger partial charge in [0.05, 0.1) is 25.3 Å². The number of hydrogen-bond donors (Lipinski definition) is 0. The Balaban J connectivity index is 1.83. The molecule has 0 aliphatic carbocycles. The van der Waals surface area contributed by atoms with Crippen LogP contribution >= 0.6 is 12.0 Å². The molecule has 0 aromatic heterocycles. The van der Waals surface area contributed by atoms with Crippen LogP contribution in [-0.2, 0) is 9.37 Å². The van der Waals surface area contributed by atoms with Crippen molar-refractivity contribution in [1.29, 1.82) is 0 Å². The second kappa shape index (κ2) is 32.8. The predicted molar refractivity (Wildman–Crippen MR) is 212 cm³/mol. The number of halogens is 4. The van der Waals surface area contributed by atoms with E-state index in [9.17, 15) is 22.8 Å². The van der Waals surface area contributed by atoms with Crippen LogP contribution in [0.2, 0.25) is 0 Å². The van der Waals surface area contributed by atoms with Crippen LogP contribution in [0.4, 0.5) is 17.6 Å². The van der Waals surface area contributed by atoms with Crippen molar-refractivity contribution in [2.75, 3.05) is 13.2 Å². The van der Waals surface area contributed by atoms with E-state index in [4.69, 9.17) is 14.2 Å². The lowest BCUT2D eigenvalue weighted by Crippen LogP contribution is -2.06. The summed E-state index contributed by atoms with van der Waals surface area (Å²) in [5.74, 6) is -7.90. The predicted octanol–water partition coefficient (Wildman–Crippen LogP) is 15.0. The Labute approximate surface area is 333 Å². The molecule has 6 nitrogen and oxygen atoms in total. The second-order valence-electron chi connectivity index (χ2n) is 14.8. The van der Waals surface area contributed by atoms with E-state index in [-0.39, 0.29) is 17.8 Å². The first-order valence-corrected chi connectivity index (χ1v) is 22.2. The van der Waals surface area contributed by atoms with Gasteiger partial charge in [-0.25, -0.2) is 8.78 Å². The Morgan fingerprint density at radius 3 is 1.07 bits per heavy atom. The fourth-order valence-electron chi connectivity index (χ4n) is 6.66. The van der Waals surface area contributed by atoms with E-state index in [1.54, 1.807) is 6.07 Å². The van der Waals surface area contributed by atoms with E-state index in [1.807, 2.05) is 0 Å². The van der Waals surface area contributed by atoms with E-state index in [1.165, 1.54) is 153 Å². The summed E-state index contributed by atoms with van der Waals surface area (Å²) in [5, 5.41) is 13.1. The van der Waals surface area contributed by atoms with Gasteiger partial charge in [-0.3, -0.25) is 5.04 Å². The molecule has 0 amide bonds. The fraction of sp³-hybridized carbons (Fsp3) is 0.727. The molecule has 2 aromatic rings. The van der Waals surface area contributed by atoms with Crippen LogP contribution < -0.4 is 19.5 Å². The summed E-state index contributed by atoms with van der Waals surface area (Å²) in [6, 6.07) is 4.47. The van der Waals surface area contributed by atoms with Crippen molar-refractivity contribution in [2.45, 2.75) is 199 Å². The summed E-state index contributed by atoms with van der Waals surface area (Å²) >= 11 is -0.292. The van der Waals surface area contributed by atoms with E-state index >= 15 is 0 Å². The summed E-state index contributed by atoms with van der Waals surface area (Å²) in [6.45, 7) is 5.33. The number of hydrogen-bond acceptors (Lipinski definition) is 7. The summed E-state index contributed by atoms with van der Waals surface area (Å²) in [4.78, 5) is -1.22. The van der Waals surface area contributed by atoms with Gasteiger partial charge >= 0.3 is 0 Å². The molecule has 0 bridgehead atoms. The Morgan fingerprint density at radius 1 is 0.436 bits per heavy atom. The fourth-order valence-corrected chi connectivity index (χ4v) is 7.09. The molecule has 2 aromatic carbocycles. The highest BCUT2D eigenvalue weighted by molar-refractivity contribution is 7.94. The Bertz CT molecular complexity index is 1170. The van der Waals surface area contributed by atoms with Gasteiger partial charge in [0.1, 0.15) is 22.1 Å². The quantitative estimate of drug-likeness (QED) is 0.0168. The van der Waals surface area contributed by atoms with Crippen LogP contribution in [0.3, 0.4) is 0 Å². The van der Waals surface area contributed by atoms with Gasteiger partial charge in [-0.2, -0.15) is 13.1 Å². The minimum atomic E-state index is -1.80. The minimum Gasteiger partial charge on any atom is -0.691 e. The van der Waals surface area contributed by atoms with E-state index in [2.05, 4.69) is 23.2 Å². The minimum absolute atomic E-state index is 0.120. The number of unbranched alkanes of at least 4 members (excludes halogenated alkanes) is 26. The zero-order valence-corrected chi connectivity index (χ0v) is 34.6. The van der Waals surface area contributed by atoms with E-state index in [0.29, 0.717) is 24.7 Å². The molecule has 0 atom stereocenters. The normalized spacial score (nSPS) is 11.4. The number of ether oxygens (including phenoxy) is 3. The number of benzene rings is 2. The SMILES string of the molecule is CCCCCCCCCCCCCCCCOc1cc(OCCCCCCCCCCCCCCCC)cc(Oc2c(F)c(F)c(SOO[O-])c(F)c2F)c1. The zero-order valence-electron chi connectivity index (χ0n) is 33.8. The summed E-state index contributed by atoms with van der Waals surface area (Å²) in [6.07, 6.45) is 34.7. The molecule has 0 fully saturated rings. The summed E-state index contributed by atoms with van der Waals surface area (Å²) < 4.78 is 80.1. The molecule has 0 saturated heterocycles. The highest BCUT2D eigenvalue weighted by Crippen LogP contribution is 2.39. The molecule has 11 heteroatoms. The maximum Gasteiger partial charge on any atom is 0.205 e. The third-order valence-corrected chi connectivity index (χ3v) is 10.6. The lowest BCUT2D eigenvalue weighted by molar-refractivity contribution is -0.777. The van der Waals surface area contributed by atoms with E-state index < -0.39 is 33.9 Å². The third-order valence-electron chi connectivity index (χ3n) is 9.93. The summed E-state index contributed by atoms with van der Waals surface area (Å²) in [5.41, 5.74) is 0. The van der Waals surface area contributed by atoms with Crippen LogP contribution in [0, 0.1) is 23.3 Å². The van der Waals surface area contributed by atoms with Gasteiger partial charge < -0.3 is 19.5 Å². The van der Waals surface area contributed by atoms with Crippen molar-refractivity contribution < 1.29 is 46.4 Å². The Kier molecular flexibility index (Phi) is 29.2. The van der Waals surface area contributed by atoms with Crippen LogP contribution in [0.5, 0.6) is 23.0 Å². The third kappa shape index (κ3) is 22.4. The standard InChI is InChI=1S/C44H70F4O6S/c1-3-5-7-9-11-13-15-17-19-21-23-25-27-29-31-50-36-33-37(51-32-30-28-26-24-22-20-18-16-14-12-10-8-6-4-2)35-38(34-36)52-43-39(45)41(47)44(55-54-53-49)42(48)40(43)46/h33-35,49H,3-32H2,1-2H3/p-1. The van der Waals surface area contributed by atoms with E-state index in [0.717, 1.165) is 38.5 Å². The molecule has 0 N–H and O–H groups in total. The topological polar surface area (TPSA) is 69.2 Å². The highest BCUT2D eigenvalue weighted by Gasteiger charge is 2.28. The maximum absolute atomic E-state index is 14.9. The molecular weight excluding hydrogens is 733 g/mol. The number of rotatable bonds is 37. The molecule has 316 valence electrons. The van der Waals surface area contributed by atoms with Gasteiger partial charge in [0.15, 0.2) is 11.6 Å². The molecule has 2 rings (SSSR count). The molecule has 0 saturated carbocycles. The Morgan fingerprint density at radius 2 is 0.745 bits per heavy atom. The molecule has 0 heterocycles. The van der Waals surface area contributed by atoms with Crippen molar-refractivity contribution in [1.82, 2.24) is 0 Å². The van der Waals surface area contributed by atoms with Gasteiger partial charge in [-0.1, -0.05) is 181 Å². The molecule has 55 heavy (non-hydrogen) atoms. The van der Waals surface area contributed by atoms with Crippen LogP contribution in [0.25, 0.3) is 0 Å². The zero-order chi connectivity index (χ0) is 39.8. The van der Waals surface area contributed by atoms with Gasteiger partial charge in [0.25, 0.3) is 0 Å². The first-order chi connectivity index (χ1) is 26.9. The van der Waals surface area contributed by atoms with Gasteiger partial charge in [-0.15, -0.1) is 0 Å². The van der Waals surface area contributed by atoms with Crippen LogP contribution in [-0.4, -0.2) is 13.2 Å². The maximum atomic E-state index is 14.9. The molecule has 0 aliphatic rings. The molecule has 0 radical (unpaired) electrons. The van der Waals surface area contributed by atoms with Gasteiger partial charge in [0.2, 0.25) is 17.4 Å². The van der Waals surface area contributed by atoms with Crippen molar-refractivity contribution in [3.63, 3.8) is 0 Å². The smallest absolute Gasteiger partial charge is 0.205 e. The highest BCUT2D eigenvalue weighted by atomic mass is 32.2. The average Bonchev–Trinajstić information content (AvgIpc) is 3.18. The molecule has 0 unspecified atom stereocenters. The van der Waals surface area contributed by atoms with Crippen molar-refractivity contribution in [3.8, 4) is 23.0 Å². The van der Waals surface area contributed by atoms with Crippen molar-refractivity contribution in [3.05, 3.63) is 41.5 Å². The summed E-state index contributed by atoms with van der Waals surface area (Å²) in [7, 11) is 0. The van der Waals surface area contributed by atoms with Crippen LogP contribution in [0.15, 0.2) is 23.1 Å². The van der Waals surface area contributed by atoms with Crippen molar-refractivity contribution >= 4 is 12.0 Å². The molecule has 0 aliphatic heterocycles. The largest absolute Gasteiger partial charge is 0.691 e. The monoisotopic (exact) mass is 801 g/mol. The molecule has 0 spiro atoms. The lowest BCUT2D eigenvalue weighted by Gasteiger charge is -2.15. The van der Waals surface area contributed by atoms with Gasteiger partial charge in [-0.05, 0) is 12.8 Å². The second-order valence-corrected chi connectivity index (χ2v) is 15.5. The Hall–Kier alpha value is -2.21. The molecular formula is C44H69F4O6S-. The van der Waals surface area contributed by atoms with Gasteiger partial charge in [0, 0.05) is 18.2 Å².